The molecule has 2 nitrogen and oxygen atoms in total. The van der Waals surface area contributed by atoms with E-state index in [1.807, 2.05) is 6.92 Å². The van der Waals surface area contributed by atoms with E-state index in [9.17, 15) is 0 Å². The number of nitrogens with two attached hydrogens (primary N) is 1. The van der Waals surface area contributed by atoms with Gasteiger partial charge in [0, 0.05) is 12.6 Å². The molecule has 2 rings (SSSR count). The van der Waals surface area contributed by atoms with Crippen LogP contribution >= 0.6 is 0 Å². The molecule has 4 unspecified atom stereocenters. The van der Waals surface area contributed by atoms with Gasteiger partial charge in [-0.1, -0.05) is 44.2 Å². The fourth-order valence-electron chi connectivity index (χ4n) is 2.91. The van der Waals surface area contributed by atoms with Crippen LogP contribution in [0.25, 0.3) is 0 Å². The molecule has 0 heterocycles. The predicted octanol–water partition coefficient (Wildman–Crippen LogP) is 3.18. The molecule has 0 radical (unpaired) electrons. The van der Waals surface area contributed by atoms with Gasteiger partial charge in [0.15, 0.2) is 0 Å². The third-order valence-corrected chi connectivity index (χ3v) is 3.96. The number of rotatable bonds is 6. The quantitative estimate of drug-likeness (QED) is 0.838. The van der Waals surface area contributed by atoms with Gasteiger partial charge in [-0.05, 0) is 36.7 Å². The van der Waals surface area contributed by atoms with E-state index in [0.29, 0.717) is 17.8 Å². The minimum absolute atomic E-state index is 0.162. The molecule has 4 atom stereocenters. The Morgan fingerprint density at radius 2 is 1.94 bits per heavy atom. The van der Waals surface area contributed by atoms with Gasteiger partial charge >= 0.3 is 0 Å². The van der Waals surface area contributed by atoms with Gasteiger partial charge in [0.25, 0.3) is 0 Å². The van der Waals surface area contributed by atoms with E-state index in [4.69, 9.17) is 10.5 Å². The van der Waals surface area contributed by atoms with E-state index in [0.717, 1.165) is 6.61 Å². The first-order chi connectivity index (χ1) is 8.65. The van der Waals surface area contributed by atoms with E-state index >= 15 is 0 Å². The lowest BCUT2D eigenvalue weighted by Gasteiger charge is -2.27. The average Bonchev–Trinajstić information content (AvgIpc) is 3.16. The summed E-state index contributed by atoms with van der Waals surface area (Å²) in [6, 6.07) is 10.9. The molecule has 0 aliphatic heterocycles. The van der Waals surface area contributed by atoms with Crippen molar-refractivity contribution >= 4 is 0 Å². The zero-order chi connectivity index (χ0) is 13.1. The molecule has 0 saturated heterocycles. The monoisotopic (exact) mass is 247 g/mol. The van der Waals surface area contributed by atoms with Crippen LogP contribution in [-0.2, 0) is 4.74 Å². The number of hydrogen-bond acceptors (Lipinski definition) is 2. The summed E-state index contributed by atoms with van der Waals surface area (Å²) < 4.78 is 5.83. The molecule has 100 valence electrons. The molecule has 1 fully saturated rings. The molecule has 18 heavy (non-hydrogen) atoms. The second-order valence-corrected chi connectivity index (χ2v) is 5.66. The van der Waals surface area contributed by atoms with Crippen LogP contribution in [0.2, 0.25) is 0 Å². The molecular weight excluding hydrogens is 222 g/mol. The minimum atomic E-state index is 0.162. The topological polar surface area (TPSA) is 35.2 Å². The van der Waals surface area contributed by atoms with Gasteiger partial charge < -0.3 is 10.5 Å². The molecule has 1 saturated carbocycles. The summed E-state index contributed by atoms with van der Waals surface area (Å²) in [6.07, 6.45) is 1.40. The summed E-state index contributed by atoms with van der Waals surface area (Å²) in [6.45, 7) is 7.18. The van der Waals surface area contributed by atoms with Gasteiger partial charge in [-0.25, -0.2) is 0 Å². The van der Waals surface area contributed by atoms with E-state index in [2.05, 4.69) is 44.2 Å². The van der Waals surface area contributed by atoms with Gasteiger partial charge in [-0.3, -0.25) is 0 Å². The van der Waals surface area contributed by atoms with E-state index < -0.39 is 0 Å². The summed E-state index contributed by atoms with van der Waals surface area (Å²) in [5.74, 6) is 1.71. The first-order valence-electron chi connectivity index (χ1n) is 7.07. The lowest BCUT2D eigenvalue weighted by molar-refractivity contribution is 0.00737. The lowest BCUT2D eigenvalue weighted by atomic mass is 9.94. The first-order valence-corrected chi connectivity index (χ1v) is 7.07. The van der Waals surface area contributed by atoms with Gasteiger partial charge in [-0.2, -0.15) is 0 Å². The normalized spacial score (nSPS) is 26.1. The summed E-state index contributed by atoms with van der Waals surface area (Å²) in [5, 5.41) is 0. The zero-order valence-electron chi connectivity index (χ0n) is 11.7. The molecule has 0 bridgehead atoms. The van der Waals surface area contributed by atoms with Gasteiger partial charge in [-0.15, -0.1) is 0 Å². The maximum atomic E-state index is 6.41. The van der Waals surface area contributed by atoms with Crippen LogP contribution in [-0.4, -0.2) is 18.8 Å². The number of benzene rings is 1. The summed E-state index contributed by atoms with van der Waals surface area (Å²) >= 11 is 0. The maximum Gasteiger partial charge on any atom is 0.0751 e. The highest BCUT2D eigenvalue weighted by Gasteiger charge is 2.45. The Balaban J connectivity index is 1.97. The molecule has 0 spiro atoms. The third kappa shape index (κ3) is 2.93. The summed E-state index contributed by atoms with van der Waals surface area (Å²) in [4.78, 5) is 0. The van der Waals surface area contributed by atoms with Crippen molar-refractivity contribution in [1.82, 2.24) is 0 Å². The molecular formula is C16H25NO. The van der Waals surface area contributed by atoms with Crippen LogP contribution in [0.5, 0.6) is 0 Å². The minimum Gasteiger partial charge on any atom is -0.377 e. The third-order valence-electron chi connectivity index (χ3n) is 3.96. The highest BCUT2D eigenvalue weighted by molar-refractivity contribution is 5.26. The fourth-order valence-corrected chi connectivity index (χ4v) is 2.91. The van der Waals surface area contributed by atoms with Crippen molar-refractivity contribution < 1.29 is 4.74 Å². The van der Waals surface area contributed by atoms with E-state index in [1.165, 1.54) is 12.0 Å². The Hall–Kier alpha value is -0.860. The van der Waals surface area contributed by atoms with Gasteiger partial charge in [0.1, 0.15) is 0 Å². The van der Waals surface area contributed by atoms with Crippen LogP contribution in [0, 0.1) is 11.8 Å². The maximum absolute atomic E-state index is 6.41. The average molecular weight is 247 g/mol. The van der Waals surface area contributed by atoms with Crippen molar-refractivity contribution in [2.24, 2.45) is 17.6 Å². The van der Waals surface area contributed by atoms with Crippen molar-refractivity contribution in [2.45, 2.75) is 45.3 Å². The molecule has 1 aliphatic carbocycles. The summed E-state index contributed by atoms with van der Waals surface area (Å²) in [5.41, 5.74) is 7.84. The van der Waals surface area contributed by atoms with Crippen LogP contribution in [0.1, 0.15) is 38.7 Å². The molecule has 2 N–H and O–H groups in total. The second kappa shape index (κ2) is 5.85. The van der Waals surface area contributed by atoms with Crippen LogP contribution in [0.4, 0.5) is 0 Å². The van der Waals surface area contributed by atoms with Gasteiger partial charge in [0.05, 0.1) is 6.10 Å². The molecule has 0 aromatic heterocycles. The molecule has 0 amide bonds. The van der Waals surface area contributed by atoms with Crippen molar-refractivity contribution in [1.29, 1.82) is 0 Å². The largest absolute Gasteiger partial charge is 0.377 e. The van der Waals surface area contributed by atoms with Crippen LogP contribution in [0.3, 0.4) is 0 Å². The smallest absolute Gasteiger partial charge is 0.0751 e. The van der Waals surface area contributed by atoms with Crippen molar-refractivity contribution in [3.8, 4) is 0 Å². The fraction of sp³-hybridized carbons (Fsp3) is 0.625. The summed E-state index contributed by atoms with van der Waals surface area (Å²) in [7, 11) is 0. The molecule has 1 aromatic carbocycles. The second-order valence-electron chi connectivity index (χ2n) is 5.66. The Kier molecular flexibility index (Phi) is 4.41. The predicted molar refractivity (Wildman–Crippen MR) is 75.5 cm³/mol. The Morgan fingerprint density at radius 3 is 2.50 bits per heavy atom. The number of hydrogen-bond donors (Lipinski definition) is 1. The molecule has 1 aromatic rings. The highest BCUT2D eigenvalue weighted by Crippen LogP contribution is 2.50. The Bertz CT molecular complexity index is 363. The molecule has 2 heteroatoms. The lowest BCUT2D eigenvalue weighted by Crippen LogP contribution is -2.42. The Morgan fingerprint density at radius 1 is 1.28 bits per heavy atom. The van der Waals surface area contributed by atoms with Crippen molar-refractivity contribution in [3.05, 3.63) is 35.9 Å². The number of ether oxygens (including phenoxy) is 1. The van der Waals surface area contributed by atoms with E-state index in [1.54, 1.807) is 0 Å². The zero-order valence-corrected chi connectivity index (χ0v) is 11.7. The van der Waals surface area contributed by atoms with Crippen LogP contribution < -0.4 is 5.73 Å². The first kappa shape index (κ1) is 13.6. The van der Waals surface area contributed by atoms with Crippen molar-refractivity contribution in [2.75, 3.05) is 6.61 Å². The highest BCUT2D eigenvalue weighted by atomic mass is 16.5. The van der Waals surface area contributed by atoms with E-state index in [-0.39, 0.29) is 12.1 Å². The van der Waals surface area contributed by atoms with Gasteiger partial charge in [0.2, 0.25) is 0 Å². The molecule has 1 aliphatic rings. The van der Waals surface area contributed by atoms with Crippen LogP contribution in [0.15, 0.2) is 30.3 Å². The van der Waals surface area contributed by atoms with Crippen molar-refractivity contribution in [3.63, 3.8) is 0 Å². The standard InChI is InChI=1S/C16H25NO/c1-4-18-16(11(2)3)15(17)14-10-13(14)12-8-6-5-7-9-12/h5-9,11,13-16H,4,10,17H2,1-3H3. The SMILES string of the molecule is CCOC(C(C)C)C(N)C1CC1c1ccccc1. The Labute approximate surface area is 111 Å².